The molecule has 0 aromatic rings. The second-order valence-corrected chi connectivity index (χ2v) is 9.59. The molecule has 0 spiro atoms. The number of carbonyl (C=O) groups excluding carboxylic acids is 2. The maximum absolute atomic E-state index is 11.8. The van der Waals surface area contributed by atoms with Gasteiger partial charge in [0.2, 0.25) is 0 Å². The van der Waals surface area contributed by atoms with Crippen molar-refractivity contribution in [1.29, 1.82) is 0 Å². The molecule has 0 N–H and O–H groups in total. The van der Waals surface area contributed by atoms with Gasteiger partial charge < -0.3 is 9.47 Å². The van der Waals surface area contributed by atoms with Gasteiger partial charge in [-0.05, 0) is 35.5 Å². The molecule has 0 aliphatic heterocycles. The molecule has 4 heteroatoms. The average molecular weight is 343 g/mol. The molecular formula is C20H38O4. The van der Waals surface area contributed by atoms with E-state index in [1.165, 1.54) is 0 Å². The van der Waals surface area contributed by atoms with Gasteiger partial charge >= 0.3 is 11.9 Å². The molecule has 4 nitrogen and oxygen atoms in total. The summed E-state index contributed by atoms with van der Waals surface area (Å²) >= 11 is 0. The molecule has 142 valence electrons. The van der Waals surface area contributed by atoms with Crippen LogP contribution in [0.3, 0.4) is 0 Å². The Labute approximate surface area is 148 Å². The van der Waals surface area contributed by atoms with Crippen LogP contribution >= 0.6 is 0 Å². The maximum atomic E-state index is 11.8. The summed E-state index contributed by atoms with van der Waals surface area (Å²) in [5.41, 5.74) is 0.415. The molecule has 0 aliphatic rings. The highest BCUT2D eigenvalue weighted by molar-refractivity contribution is 5.70. The third kappa shape index (κ3) is 14.5. The lowest BCUT2D eigenvalue weighted by Crippen LogP contribution is -2.19. The highest BCUT2D eigenvalue weighted by atomic mass is 16.6. The molecule has 0 amide bonds. The highest BCUT2D eigenvalue weighted by Gasteiger charge is 2.19. The largest absolute Gasteiger partial charge is 0.462 e. The first-order chi connectivity index (χ1) is 10.8. The zero-order valence-electron chi connectivity index (χ0n) is 17.0. The van der Waals surface area contributed by atoms with Crippen LogP contribution in [0.5, 0.6) is 0 Å². The van der Waals surface area contributed by atoms with Crippen LogP contribution in [0.4, 0.5) is 0 Å². The third-order valence-corrected chi connectivity index (χ3v) is 3.56. The Hall–Kier alpha value is -1.06. The Morgan fingerprint density at radius 2 is 1.00 bits per heavy atom. The lowest BCUT2D eigenvalue weighted by Gasteiger charge is -2.23. The van der Waals surface area contributed by atoms with E-state index in [9.17, 15) is 9.59 Å². The SMILES string of the molecule is CC(CC(=O)OCCOC(=O)CC(C)CC(C)(C)C)CC(C)(C)C. The molecular weight excluding hydrogens is 304 g/mol. The fraction of sp³-hybridized carbons (Fsp3) is 0.900. The highest BCUT2D eigenvalue weighted by Crippen LogP contribution is 2.26. The Morgan fingerprint density at radius 3 is 1.25 bits per heavy atom. The van der Waals surface area contributed by atoms with Gasteiger partial charge in [0.25, 0.3) is 0 Å². The van der Waals surface area contributed by atoms with Gasteiger partial charge in [0.05, 0.1) is 0 Å². The summed E-state index contributed by atoms with van der Waals surface area (Å²) in [6.07, 6.45) is 2.77. The summed E-state index contributed by atoms with van der Waals surface area (Å²) in [7, 11) is 0. The summed E-state index contributed by atoms with van der Waals surface area (Å²) in [6, 6.07) is 0. The number of rotatable bonds is 9. The van der Waals surface area contributed by atoms with Gasteiger partial charge in [0.15, 0.2) is 0 Å². The van der Waals surface area contributed by atoms with E-state index in [1.807, 2.05) is 0 Å². The van der Waals surface area contributed by atoms with E-state index >= 15 is 0 Å². The van der Waals surface area contributed by atoms with Crippen LogP contribution in [0.15, 0.2) is 0 Å². The van der Waals surface area contributed by atoms with Crippen LogP contribution in [-0.4, -0.2) is 25.2 Å². The van der Waals surface area contributed by atoms with Gasteiger partial charge in [0.1, 0.15) is 13.2 Å². The van der Waals surface area contributed by atoms with Crippen LogP contribution in [0.2, 0.25) is 0 Å². The number of hydrogen-bond donors (Lipinski definition) is 0. The van der Waals surface area contributed by atoms with Crippen molar-refractivity contribution < 1.29 is 19.1 Å². The van der Waals surface area contributed by atoms with E-state index < -0.39 is 0 Å². The Morgan fingerprint density at radius 1 is 0.708 bits per heavy atom. The molecule has 2 atom stereocenters. The predicted octanol–water partition coefficient (Wildman–Crippen LogP) is 5.00. The van der Waals surface area contributed by atoms with Crippen molar-refractivity contribution in [2.24, 2.45) is 22.7 Å². The Bertz CT molecular complexity index is 349. The van der Waals surface area contributed by atoms with Crippen LogP contribution < -0.4 is 0 Å². The van der Waals surface area contributed by atoms with E-state index in [0.717, 1.165) is 12.8 Å². The summed E-state index contributed by atoms with van der Waals surface area (Å²) < 4.78 is 10.3. The van der Waals surface area contributed by atoms with Crippen molar-refractivity contribution >= 4 is 11.9 Å². The fourth-order valence-electron chi connectivity index (χ4n) is 3.23. The van der Waals surface area contributed by atoms with Crippen LogP contribution in [0.1, 0.15) is 81.1 Å². The summed E-state index contributed by atoms with van der Waals surface area (Å²) in [5.74, 6) is 0.143. The van der Waals surface area contributed by atoms with Gasteiger partial charge in [-0.15, -0.1) is 0 Å². The van der Waals surface area contributed by atoms with Gasteiger partial charge in [-0.2, -0.15) is 0 Å². The predicted molar refractivity (Wildman–Crippen MR) is 97.6 cm³/mol. The van der Waals surface area contributed by atoms with Crippen LogP contribution in [0, 0.1) is 22.7 Å². The maximum Gasteiger partial charge on any atom is 0.306 e. The van der Waals surface area contributed by atoms with Gasteiger partial charge in [-0.25, -0.2) is 0 Å². The van der Waals surface area contributed by atoms with Crippen LogP contribution in [0.25, 0.3) is 0 Å². The van der Waals surface area contributed by atoms with E-state index in [1.54, 1.807) is 0 Å². The topological polar surface area (TPSA) is 52.6 Å². The lowest BCUT2D eigenvalue weighted by molar-refractivity contribution is -0.153. The minimum atomic E-state index is -0.219. The molecule has 0 bridgehead atoms. The fourth-order valence-corrected chi connectivity index (χ4v) is 3.23. The first kappa shape index (κ1) is 22.9. The van der Waals surface area contributed by atoms with Crippen molar-refractivity contribution in [3.05, 3.63) is 0 Å². The van der Waals surface area contributed by atoms with E-state index in [0.29, 0.717) is 24.7 Å². The first-order valence-corrected chi connectivity index (χ1v) is 9.10. The number of hydrogen-bond acceptors (Lipinski definition) is 4. The molecule has 24 heavy (non-hydrogen) atoms. The molecule has 0 fully saturated rings. The van der Waals surface area contributed by atoms with Crippen molar-refractivity contribution in [3.8, 4) is 0 Å². The summed E-state index contributed by atoms with van der Waals surface area (Å²) in [5, 5.41) is 0. The monoisotopic (exact) mass is 342 g/mol. The summed E-state index contributed by atoms with van der Waals surface area (Å²) in [6.45, 7) is 17.4. The molecule has 0 radical (unpaired) electrons. The quantitative estimate of drug-likeness (QED) is 0.437. The molecule has 2 unspecified atom stereocenters. The number of carbonyl (C=O) groups is 2. The zero-order valence-corrected chi connectivity index (χ0v) is 17.0. The second-order valence-electron chi connectivity index (χ2n) is 9.59. The van der Waals surface area contributed by atoms with Crippen molar-refractivity contribution in [2.45, 2.75) is 81.1 Å². The van der Waals surface area contributed by atoms with E-state index in [2.05, 4.69) is 55.4 Å². The van der Waals surface area contributed by atoms with E-state index in [-0.39, 0.29) is 36.0 Å². The first-order valence-electron chi connectivity index (χ1n) is 9.10. The average Bonchev–Trinajstić information content (AvgIpc) is 2.29. The standard InChI is InChI=1S/C20H38O4/c1-15(13-19(3,4)5)11-17(21)23-9-10-24-18(22)12-16(2)14-20(6,7)8/h15-16H,9-14H2,1-8H3. The molecule has 0 saturated carbocycles. The molecule has 0 aromatic carbocycles. The second kappa shape index (κ2) is 10.0. The van der Waals surface area contributed by atoms with Crippen molar-refractivity contribution in [2.75, 3.05) is 13.2 Å². The third-order valence-electron chi connectivity index (χ3n) is 3.56. The van der Waals surface area contributed by atoms with Gasteiger partial charge in [0, 0.05) is 12.8 Å². The van der Waals surface area contributed by atoms with E-state index in [4.69, 9.17) is 9.47 Å². The molecule has 0 heterocycles. The lowest BCUT2D eigenvalue weighted by atomic mass is 9.84. The van der Waals surface area contributed by atoms with Crippen LogP contribution in [-0.2, 0) is 19.1 Å². The number of esters is 2. The normalized spacial score (nSPS) is 14.8. The zero-order chi connectivity index (χ0) is 19.0. The van der Waals surface area contributed by atoms with Gasteiger partial charge in [-0.3, -0.25) is 9.59 Å². The Balaban J connectivity index is 3.85. The summed E-state index contributed by atoms with van der Waals surface area (Å²) in [4.78, 5) is 23.5. The Kier molecular flexibility index (Phi) is 9.61. The smallest absolute Gasteiger partial charge is 0.306 e. The van der Waals surface area contributed by atoms with Crippen molar-refractivity contribution in [3.63, 3.8) is 0 Å². The number of ether oxygens (including phenoxy) is 2. The minimum Gasteiger partial charge on any atom is -0.462 e. The minimum absolute atomic E-state index is 0.139. The van der Waals surface area contributed by atoms with Gasteiger partial charge in [-0.1, -0.05) is 55.4 Å². The molecule has 0 rings (SSSR count). The van der Waals surface area contributed by atoms with Crippen molar-refractivity contribution in [1.82, 2.24) is 0 Å². The molecule has 0 aliphatic carbocycles. The molecule has 0 aromatic heterocycles. The molecule has 0 saturated heterocycles.